The average Bonchev–Trinajstić information content (AvgIpc) is 3.20. The van der Waals surface area contributed by atoms with Gasteiger partial charge in [0.1, 0.15) is 0 Å². The third kappa shape index (κ3) is 6.37. The zero-order valence-electron chi connectivity index (χ0n) is 20.9. The summed E-state index contributed by atoms with van der Waals surface area (Å²) in [6, 6.07) is 14.7. The van der Waals surface area contributed by atoms with Gasteiger partial charge in [-0.2, -0.15) is 4.98 Å². The number of amides is 2. The Morgan fingerprint density at radius 1 is 1.00 bits per heavy atom. The number of nitrogens with one attached hydrogen (secondary N) is 1. The van der Waals surface area contributed by atoms with Crippen molar-refractivity contribution in [3.05, 3.63) is 65.0 Å². The summed E-state index contributed by atoms with van der Waals surface area (Å²) in [6.45, 7) is 3.45. The van der Waals surface area contributed by atoms with Crippen LogP contribution in [0.4, 0.5) is 5.69 Å². The Morgan fingerprint density at radius 3 is 2.62 bits per heavy atom. The van der Waals surface area contributed by atoms with Gasteiger partial charge in [0.25, 0.3) is 5.91 Å². The topological polar surface area (TPSA) is 91.6 Å². The van der Waals surface area contributed by atoms with Crippen molar-refractivity contribution >= 4 is 29.1 Å². The molecule has 3 heterocycles. The molecule has 1 unspecified atom stereocenters. The maximum absolute atomic E-state index is 13.3. The van der Waals surface area contributed by atoms with Crippen molar-refractivity contribution in [3.8, 4) is 11.4 Å². The fourth-order valence-corrected chi connectivity index (χ4v) is 5.32. The first-order valence-corrected chi connectivity index (χ1v) is 13.4. The number of hydrogen-bond donors (Lipinski definition) is 1. The summed E-state index contributed by atoms with van der Waals surface area (Å²) in [7, 11) is 0. The number of benzene rings is 2. The molecule has 2 aliphatic heterocycles. The lowest BCUT2D eigenvalue weighted by atomic mass is 9.96. The van der Waals surface area contributed by atoms with E-state index in [4.69, 9.17) is 16.1 Å². The molecule has 2 saturated heterocycles. The van der Waals surface area contributed by atoms with E-state index in [1.165, 1.54) is 0 Å². The van der Waals surface area contributed by atoms with E-state index in [-0.39, 0.29) is 17.7 Å². The molecule has 0 spiro atoms. The highest BCUT2D eigenvalue weighted by molar-refractivity contribution is 6.30. The maximum atomic E-state index is 13.3. The normalized spacial score (nSPS) is 18.8. The standard InChI is InChI=1S/C28H32ClN5O3/c29-22-11-7-9-20(17-22)26-31-25(37-32-26)19-33-14-8-10-21(18-33)27(35)30-24-13-4-3-12-23(24)28(36)34-15-5-1-2-6-16-34/h3-4,7,9,11-13,17,21H,1-2,5-6,8,10,14-16,18-19H2,(H,30,35). The number of likely N-dealkylation sites (tertiary alicyclic amines) is 2. The van der Waals surface area contributed by atoms with E-state index in [1.807, 2.05) is 41.3 Å². The molecule has 0 saturated carbocycles. The Balaban J connectivity index is 1.21. The predicted octanol–water partition coefficient (Wildman–Crippen LogP) is 5.26. The molecular weight excluding hydrogens is 490 g/mol. The molecule has 1 aromatic heterocycles. The summed E-state index contributed by atoms with van der Waals surface area (Å²) < 4.78 is 5.47. The van der Waals surface area contributed by atoms with Crippen molar-refractivity contribution in [1.82, 2.24) is 19.9 Å². The van der Waals surface area contributed by atoms with Crippen LogP contribution in [0.2, 0.25) is 5.02 Å². The molecule has 3 aromatic rings. The summed E-state index contributed by atoms with van der Waals surface area (Å²) >= 11 is 6.08. The molecule has 9 heteroatoms. The van der Waals surface area contributed by atoms with Gasteiger partial charge in [0.15, 0.2) is 0 Å². The Hall–Kier alpha value is -3.23. The van der Waals surface area contributed by atoms with E-state index in [9.17, 15) is 9.59 Å². The third-order valence-corrected chi connectivity index (χ3v) is 7.33. The fraction of sp³-hybridized carbons (Fsp3) is 0.429. The number of carbonyl (C=O) groups excluding carboxylic acids is 2. The monoisotopic (exact) mass is 521 g/mol. The second-order valence-electron chi connectivity index (χ2n) is 9.84. The number of piperidine rings is 1. The maximum Gasteiger partial charge on any atom is 0.255 e. The van der Waals surface area contributed by atoms with Gasteiger partial charge < -0.3 is 14.7 Å². The largest absolute Gasteiger partial charge is 0.339 e. The summed E-state index contributed by atoms with van der Waals surface area (Å²) in [6.07, 6.45) is 6.05. The predicted molar refractivity (Wildman–Crippen MR) is 142 cm³/mol. The van der Waals surface area contributed by atoms with Gasteiger partial charge in [0.2, 0.25) is 17.6 Å². The van der Waals surface area contributed by atoms with E-state index in [0.717, 1.165) is 63.7 Å². The third-order valence-electron chi connectivity index (χ3n) is 7.09. The van der Waals surface area contributed by atoms with Crippen LogP contribution in [-0.4, -0.2) is 57.9 Å². The van der Waals surface area contributed by atoms with Crippen LogP contribution in [0.25, 0.3) is 11.4 Å². The van der Waals surface area contributed by atoms with E-state index >= 15 is 0 Å². The van der Waals surface area contributed by atoms with Gasteiger partial charge in [-0.1, -0.05) is 53.9 Å². The van der Waals surface area contributed by atoms with Crippen LogP contribution in [0.15, 0.2) is 53.1 Å². The molecule has 1 N–H and O–H groups in total. The number of nitrogens with zero attached hydrogens (tertiary/aromatic N) is 4. The van der Waals surface area contributed by atoms with Gasteiger partial charge in [0.05, 0.1) is 23.7 Å². The van der Waals surface area contributed by atoms with Gasteiger partial charge in [-0.15, -0.1) is 0 Å². The lowest BCUT2D eigenvalue weighted by Crippen LogP contribution is -2.40. The van der Waals surface area contributed by atoms with Crippen LogP contribution in [0, 0.1) is 5.92 Å². The molecule has 2 amide bonds. The smallest absolute Gasteiger partial charge is 0.255 e. The SMILES string of the molecule is O=C(Nc1ccccc1C(=O)N1CCCCCC1)C1CCCN(Cc2nc(-c3cccc(Cl)c3)no2)C1. The molecular formula is C28H32ClN5O3. The van der Waals surface area contributed by atoms with Crippen molar-refractivity contribution < 1.29 is 14.1 Å². The molecule has 0 aliphatic carbocycles. The number of anilines is 1. The molecule has 0 radical (unpaired) electrons. The zero-order chi connectivity index (χ0) is 25.6. The van der Waals surface area contributed by atoms with Crippen molar-refractivity contribution in [2.45, 2.75) is 45.1 Å². The van der Waals surface area contributed by atoms with E-state index in [1.54, 1.807) is 12.1 Å². The molecule has 5 rings (SSSR count). The van der Waals surface area contributed by atoms with Crippen LogP contribution < -0.4 is 5.32 Å². The highest BCUT2D eigenvalue weighted by Gasteiger charge is 2.28. The van der Waals surface area contributed by atoms with Crippen molar-refractivity contribution in [3.63, 3.8) is 0 Å². The Morgan fingerprint density at radius 2 is 1.81 bits per heavy atom. The summed E-state index contributed by atoms with van der Waals surface area (Å²) in [5.74, 6) is 0.741. The van der Waals surface area contributed by atoms with Gasteiger partial charge >= 0.3 is 0 Å². The Labute approximate surface area is 222 Å². The van der Waals surface area contributed by atoms with Gasteiger partial charge in [-0.3, -0.25) is 14.5 Å². The number of aromatic nitrogens is 2. The minimum absolute atomic E-state index is 0.00466. The molecule has 2 aliphatic rings. The Bertz CT molecular complexity index is 1240. The second kappa shape index (κ2) is 11.9. The number of hydrogen-bond acceptors (Lipinski definition) is 6. The van der Waals surface area contributed by atoms with Crippen molar-refractivity contribution in [2.24, 2.45) is 5.92 Å². The molecule has 194 valence electrons. The lowest BCUT2D eigenvalue weighted by molar-refractivity contribution is -0.121. The molecule has 8 nitrogen and oxygen atoms in total. The lowest BCUT2D eigenvalue weighted by Gasteiger charge is -2.31. The minimum Gasteiger partial charge on any atom is -0.339 e. The number of halogens is 1. The quantitative estimate of drug-likeness (QED) is 0.476. The minimum atomic E-state index is -0.189. The summed E-state index contributed by atoms with van der Waals surface area (Å²) in [4.78, 5) is 35.1. The van der Waals surface area contributed by atoms with Crippen LogP contribution in [0.3, 0.4) is 0 Å². The first kappa shape index (κ1) is 25.4. The van der Waals surface area contributed by atoms with Gasteiger partial charge in [-0.05, 0) is 56.5 Å². The number of rotatable bonds is 6. The van der Waals surface area contributed by atoms with Crippen molar-refractivity contribution in [2.75, 3.05) is 31.5 Å². The van der Waals surface area contributed by atoms with Crippen molar-refractivity contribution in [1.29, 1.82) is 0 Å². The zero-order valence-corrected chi connectivity index (χ0v) is 21.6. The van der Waals surface area contributed by atoms with Crippen LogP contribution >= 0.6 is 11.6 Å². The molecule has 0 bridgehead atoms. The number of para-hydroxylation sites is 1. The van der Waals surface area contributed by atoms with E-state index < -0.39 is 0 Å². The van der Waals surface area contributed by atoms with Gasteiger partial charge in [0, 0.05) is 30.2 Å². The highest BCUT2D eigenvalue weighted by atomic mass is 35.5. The molecule has 37 heavy (non-hydrogen) atoms. The molecule has 2 aromatic carbocycles. The molecule has 1 atom stereocenters. The summed E-state index contributed by atoms with van der Waals surface area (Å²) in [5, 5.41) is 7.76. The second-order valence-corrected chi connectivity index (χ2v) is 10.3. The first-order chi connectivity index (χ1) is 18.1. The number of carbonyl (C=O) groups is 2. The van der Waals surface area contributed by atoms with Crippen LogP contribution in [0.5, 0.6) is 0 Å². The fourth-order valence-electron chi connectivity index (χ4n) is 5.13. The summed E-state index contributed by atoms with van der Waals surface area (Å²) in [5.41, 5.74) is 1.94. The molecule has 2 fully saturated rings. The highest BCUT2D eigenvalue weighted by Crippen LogP contribution is 2.25. The first-order valence-electron chi connectivity index (χ1n) is 13.1. The van der Waals surface area contributed by atoms with E-state index in [2.05, 4.69) is 20.4 Å². The average molecular weight is 522 g/mol. The Kier molecular flexibility index (Phi) is 8.16. The van der Waals surface area contributed by atoms with Crippen LogP contribution in [0.1, 0.15) is 54.8 Å². The van der Waals surface area contributed by atoms with Gasteiger partial charge in [-0.25, -0.2) is 0 Å². The van der Waals surface area contributed by atoms with E-state index in [0.29, 0.717) is 41.1 Å². The van der Waals surface area contributed by atoms with Crippen LogP contribution in [-0.2, 0) is 11.3 Å².